The first-order valence-electron chi connectivity index (χ1n) is 10.7. The second kappa shape index (κ2) is 11.2. The van der Waals surface area contributed by atoms with E-state index in [4.69, 9.17) is 14.2 Å². The Kier molecular flexibility index (Phi) is 8.07. The van der Waals surface area contributed by atoms with Gasteiger partial charge in [-0.3, -0.25) is 29.6 Å². The molecule has 1 heterocycles. The number of ether oxygens (including phenoxy) is 3. The van der Waals surface area contributed by atoms with Gasteiger partial charge in [0.25, 0.3) is 11.8 Å². The number of amides is 3. The molecule has 180 valence electrons. The molecule has 0 spiro atoms. The first kappa shape index (κ1) is 24.6. The quantitative estimate of drug-likeness (QED) is 0.538. The molecule has 0 radical (unpaired) electrons. The molecule has 1 atom stereocenters. The maximum atomic E-state index is 12.6. The Morgan fingerprint density at radius 1 is 1.03 bits per heavy atom. The number of hydrazine groups is 1. The molecule has 0 bridgehead atoms. The molecule has 1 saturated heterocycles. The molecule has 3 amide bonds. The summed E-state index contributed by atoms with van der Waals surface area (Å²) in [5.41, 5.74) is 4.44. The van der Waals surface area contributed by atoms with Crippen LogP contribution >= 0.6 is 0 Å². The summed E-state index contributed by atoms with van der Waals surface area (Å²) >= 11 is 0. The lowest BCUT2D eigenvalue weighted by molar-refractivity contribution is -0.151. The molecule has 1 fully saturated rings. The highest BCUT2D eigenvalue weighted by Gasteiger charge is 2.36. The van der Waals surface area contributed by atoms with Crippen molar-refractivity contribution in [1.29, 1.82) is 0 Å². The van der Waals surface area contributed by atoms with Crippen molar-refractivity contribution in [2.45, 2.75) is 19.8 Å². The van der Waals surface area contributed by atoms with Gasteiger partial charge in [-0.05, 0) is 36.2 Å². The minimum atomic E-state index is -0.802. The van der Waals surface area contributed by atoms with E-state index in [0.29, 0.717) is 17.2 Å². The summed E-state index contributed by atoms with van der Waals surface area (Å²) in [7, 11) is 2.91. The maximum Gasteiger partial charge on any atom is 0.311 e. The summed E-state index contributed by atoms with van der Waals surface area (Å²) in [6.07, 6.45) is 0.748. The van der Waals surface area contributed by atoms with E-state index in [0.717, 1.165) is 17.0 Å². The summed E-state index contributed by atoms with van der Waals surface area (Å²) in [6, 6.07) is 11.9. The standard InChI is InChI=1S/C24H27N3O7/c1-4-15-5-7-18(8-6-15)25-21(28)14-34-24(31)17-11-22(29)27(13-17)26-23(30)16-9-19(32-2)12-20(10-16)33-3/h5-10,12,17H,4,11,13-14H2,1-3H3,(H,25,28)(H,26,30)/t17-/m1/s1. The van der Waals surface area contributed by atoms with Crippen LogP contribution in [-0.4, -0.2) is 56.1 Å². The highest BCUT2D eigenvalue weighted by Crippen LogP contribution is 2.23. The number of hydrogen-bond acceptors (Lipinski definition) is 7. The predicted octanol–water partition coefficient (Wildman–Crippen LogP) is 1.94. The van der Waals surface area contributed by atoms with E-state index >= 15 is 0 Å². The van der Waals surface area contributed by atoms with Gasteiger partial charge < -0.3 is 19.5 Å². The van der Waals surface area contributed by atoms with Gasteiger partial charge in [0, 0.05) is 23.7 Å². The lowest BCUT2D eigenvalue weighted by atomic mass is 10.1. The smallest absolute Gasteiger partial charge is 0.311 e. The molecular weight excluding hydrogens is 442 g/mol. The Labute approximate surface area is 197 Å². The van der Waals surface area contributed by atoms with Gasteiger partial charge in [-0.2, -0.15) is 0 Å². The Balaban J connectivity index is 1.50. The van der Waals surface area contributed by atoms with E-state index in [9.17, 15) is 19.2 Å². The summed E-state index contributed by atoms with van der Waals surface area (Å²) in [5, 5.41) is 3.71. The van der Waals surface area contributed by atoms with Crippen LogP contribution in [0.2, 0.25) is 0 Å². The van der Waals surface area contributed by atoms with Crippen LogP contribution in [0.25, 0.3) is 0 Å². The molecule has 0 aromatic heterocycles. The van der Waals surface area contributed by atoms with Crippen molar-refractivity contribution in [3.63, 3.8) is 0 Å². The molecule has 1 aliphatic rings. The Morgan fingerprint density at radius 3 is 2.26 bits per heavy atom. The second-order valence-corrected chi connectivity index (χ2v) is 7.65. The number of methoxy groups -OCH3 is 2. The van der Waals surface area contributed by atoms with E-state index < -0.39 is 36.2 Å². The van der Waals surface area contributed by atoms with Gasteiger partial charge in [-0.1, -0.05) is 19.1 Å². The van der Waals surface area contributed by atoms with E-state index in [2.05, 4.69) is 10.7 Å². The molecule has 0 saturated carbocycles. The minimum Gasteiger partial charge on any atom is -0.497 e. The summed E-state index contributed by atoms with van der Waals surface area (Å²) in [4.78, 5) is 49.4. The van der Waals surface area contributed by atoms with Crippen molar-refractivity contribution in [3.05, 3.63) is 53.6 Å². The fourth-order valence-corrected chi connectivity index (χ4v) is 3.37. The van der Waals surface area contributed by atoms with Gasteiger partial charge in [-0.25, -0.2) is 0 Å². The molecule has 1 aliphatic heterocycles. The Morgan fingerprint density at radius 2 is 1.68 bits per heavy atom. The van der Waals surface area contributed by atoms with Crippen molar-refractivity contribution in [2.24, 2.45) is 5.92 Å². The third-order valence-electron chi connectivity index (χ3n) is 5.30. The van der Waals surface area contributed by atoms with Gasteiger partial charge in [0.05, 0.1) is 26.7 Å². The van der Waals surface area contributed by atoms with Gasteiger partial charge in [-0.15, -0.1) is 0 Å². The monoisotopic (exact) mass is 469 g/mol. The van der Waals surface area contributed by atoms with Gasteiger partial charge in [0.15, 0.2) is 6.61 Å². The fraction of sp³-hybridized carbons (Fsp3) is 0.333. The maximum absolute atomic E-state index is 12.6. The van der Waals surface area contributed by atoms with Gasteiger partial charge in [0.2, 0.25) is 5.91 Å². The molecular formula is C24H27N3O7. The van der Waals surface area contributed by atoms with Gasteiger partial charge >= 0.3 is 5.97 Å². The average molecular weight is 469 g/mol. The number of aryl methyl sites for hydroxylation is 1. The van der Waals surface area contributed by atoms with Crippen molar-refractivity contribution in [3.8, 4) is 11.5 Å². The first-order valence-corrected chi connectivity index (χ1v) is 10.7. The number of carbonyl (C=O) groups is 4. The third-order valence-corrected chi connectivity index (χ3v) is 5.30. The number of nitrogens with zero attached hydrogens (tertiary/aromatic N) is 1. The van der Waals surface area contributed by atoms with Gasteiger partial charge in [0.1, 0.15) is 11.5 Å². The second-order valence-electron chi connectivity index (χ2n) is 7.65. The van der Waals surface area contributed by atoms with Crippen LogP contribution in [0, 0.1) is 5.92 Å². The molecule has 10 nitrogen and oxygen atoms in total. The van der Waals surface area contributed by atoms with Crippen molar-refractivity contribution in [2.75, 3.05) is 32.7 Å². The molecule has 34 heavy (non-hydrogen) atoms. The number of benzene rings is 2. The Bertz CT molecular complexity index is 1050. The highest BCUT2D eigenvalue weighted by atomic mass is 16.5. The normalized spacial score (nSPS) is 15.0. The van der Waals surface area contributed by atoms with Crippen LogP contribution in [0.1, 0.15) is 29.3 Å². The number of anilines is 1. The highest BCUT2D eigenvalue weighted by molar-refractivity contribution is 5.97. The van der Waals surface area contributed by atoms with Crippen LogP contribution in [0.15, 0.2) is 42.5 Å². The van der Waals surface area contributed by atoms with Crippen LogP contribution < -0.4 is 20.2 Å². The molecule has 2 aromatic rings. The third kappa shape index (κ3) is 6.25. The number of esters is 1. The van der Waals surface area contributed by atoms with E-state index in [-0.39, 0.29) is 18.5 Å². The molecule has 2 aromatic carbocycles. The molecule has 2 N–H and O–H groups in total. The molecule has 0 unspecified atom stereocenters. The first-order chi connectivity index (χ1) is 16.3. The predicted molar refractivity (Wildman–Crippen MR) is 122 cm³/mol. The molecule has 3 rings (SSSR count). The van der Waals surface area contributed by atoms with Crippen molar-refractivity contribution in [1.82, 2.24) is 10.4 Å². The number of hydrogen-bond donors (Lipinski definition) is 2. The van der Waals surface area contributed by atoms with Crippen LogP contribution in [-0.2, 0) is 25.5 Å². The zero-order chi connectivity index (χ0) is 24.7. The topological polar surface area (TPSA) is 123 Å². The SMILES string of the molecule is CCc1ccc(NC(=O)COC(=O)[C@@H]2CC(=O)N(NC(=O)c3cc(OC)cc(OC)c3)C2)cc1. The zero-order valence-electron chi connectivity index (χ0n) is 19.3. The van der Waals surface area contributed by atoms with Crippen molar-refractivity contribution >= 4 is 29.4 Å². The average Bonchev–Trinajstić information content (AvgIpc) is 3.22. The largest absolute Gasteiger partial charge is 0.497 e. The molecule has 10 heteroatoms. The van der Waals surface area contributed by atoms with E-state index in [1.807, 2.05) is 19.1 Å². The molecule has 0 aliphatic carbocycles. The van der Waals surface area contributed by atoms with E-state index in [1.165, 1.54) is 26.4 Å². The van der Waals surface area contributed by atoms with Crippen LogP contribution in [0.5, 0.6) is 11.5 Å². The minimum absolute atomic E-state index is 0.0649. The van der Waals surface area contributed by atoms with Crippen LogP contribution in [0.4, 0.5) is 5.69 Å². The summed E-state index contributed by atoms with van der Waals surface area (Å²) < 4.78 is 15.4. The lowest BCUT2D eigenvalue weighted by Crippen LogP contribution is -2.43. The van der Waals surface area contributed by atoms with Crippen LogP contribution in [0.3, 0.4) is 0 Å². The zero-order valence-corrected chi connectivity index (χ0v) is 19.3. The summed E-state index contributed by atoms with van der Waals surface area (Å²) in [6.45, 7) is 1.49. The number of nitrogens with one attached hydrogen (secondary N) is 2. The summed E-state index contributed by atoms with van der Waals surface area (Å²) in [5.74, 6) is -2.15. The fourth-order valence-electron chi connectivity index (χ4n) is 3.37. The Hall–Kier alpha value is -4.08. The number of carbonyl (C=O) groups excluding carboxylic acids is 4. The van der Waals surface area contributed by atoms with E-state index in [1.54, 1.807) is 18.2 Å². The number of rotatable bonds is 9. The lowest BCUT2D eigenvalue weighted by Gasteiger charge is -2.18. The van der Waals surface area contributed by atoms with Crippen molar-refractivity contribution < 1.29 is 33.4 Å².